The second-order valence-corrected chi connectivity index (χ2v) is 0.102. The van der Waals surface area contributed by atoms with Gasteiger partial charge in [0.05, 0.1) is 6.58 Å². The van der Waals surface area contributed by atoms with Crippen LogP contribution in [0.4, 0.5) is 0 Å². The summed E-state index contributed by atoms with van der Waals surface area (Å²) in [6.07, 6.45) is 0. The first-order valence-corrected chi connectivity index (χ1v) is 0.454. The number of carbonyl (C=O) groups excluding carboxylic acids is 1. The molecule has 0 aliphatic heterocycles. The molecular weight excluding hydrogens is 75.5 g/mol. The van der Waals surface area contributed by atoms with E-state index in [0.717, 1.165) is 5.94 Å². The molecule has 0 aromatic carbocycles. The van der Waals surface area contributed by atoms with Crippen molar-refractivity contribution in [1.29, 1.82) is 0 Å². The van der Waals surface area contributed by atoms with E-state index in [9.17, 15) is 0 Å². The highest BCUT2D eigenvalue weighted by molar-refractivity contribution is 5.85. The van der Waals surface area contributed by atoms with Crippen molar-refractivity contribution in [3.63, 3.8) is 0 Å². The van der Waals surface area contributed by atoms with Gasteiger partial charge in [-0.1, -0.05) is 0 Å². The van der Waals surface area contributed by atoms with Crippen molar-refractivity contribution in [2.75, 3.05) is 0 Å². The van der Waals surface area contributed by atoms with Crippen LogP contribution >= 0.6 is 12.4 Å². The van der Waals surface area contributed by atoms with Crippen molar-refractivity contribution in [3.8, 4) is 0 Å². The molecule has 0 fully saturated rings. The highest BCUT2D eigenvalue weighted by Gasteiger charge is 1.05. The van der Waals surface area contributed by atoms with Gasteiger partial charge in [-0.3, -0.25) is 0 Å². The van der Waals surface area contributed by atoms with E-state index < -0.39 is 0 Å². The Bertz CT molecular complexity index is 27.0. The lowest BCUT2D eigenvalue weighted by Gasteiger charge is -0.987. The molecule has 0 bridgehead atoms. The zero-order valence-electron chi connectivity index (χ0n) is 1.82. The Morgan fingerprint density at radius 2 is 1.75 bits per heavy atom. The molecule has 1 nitrogen and oxygen atoms in total. The molecule has 22 valence electrons. The van der Waals surface area contributed by atoms with Crippen molar-refractivity contribution >= 4 is 18.3 Å². The van der Waals surface area contributed by atoms with Crippen molar-refractivity contribution in [2.24, 2.45) is 0 Å². The van der Waals surface area contributed by atoms with Gasteiger partial charge in [-0.2, -0.15) is 0 Å². The SMILES string of the molecule is Cl.[C]=C=O. The summed E-state index contributed by atoms with van der Waals surface area (Å²) >= 11 is 0. The normalized spacial score (nSPS) is 2.00. The maximum absolute atomic E-state index is 8.35. The second kappa shape index (κ2) is 15.1. The summed E-state index contributed by atoms with van der Waals surface area (Å²) in [5, 5.41) is 0. The van der Waals surface area contributed by atoms with E-state index >= 15 is 0 Å². The Morgan fingerprint density at radius 3 is 1.75 bits per heavy atom. The Labute approximate surface area is 30.7 Å². The van der Waals surface area contributed by atoms with Crippen molar-refractivity contribution in [3.05, 3.63) is 6.58 Å². The average Bonchev–Trinajstić information content (AvgIpc) is 0.918. The van der Waals surface area contributed by atoms with Gasteiger partial charge >= 0.3 is 0 Å². The van der Waals surface area contributed by atoms with Crippen molar-refractivity contribution in [2.45, 2.75) is 0 Å². The Kier molecular flexibility index (Phi) is 35.1. The van der Waals surface area contributed by atoms with Gasteiger partial charge in [0.1, 0.15) is 5.94 Å². The monoisotopic (exact) mass is 76.0 g/mol. The molecular formula is C2HClO. The van der Waals surface area contributed by atoms with Crippen LogP contribution in [-0.2, 0) is 4.79 Å². The molecule has 4 heavy (non-hydrogen) atoms. The molecule has 2 radical (unpaired) electrons. The van der Waals surface area contributed by atoms with E-state index in [-0.39, 0.29) is 12.4 Å². The second-order valence-electron chi connectivity index (χ2n) is 0.102. The van der Waals surface area contributed by atoms with Crippen LogP contribution < -0.4 is 0 Å². The van der Waals surface area contributed by atoms with Crippen molar-refractivity contribution in [1.82, 2.24) is 0 Å². The van der Waals surface area contributed by atoms with Gasteiger partial charge in [-0.15, -0.1) is 12.4 Å². The maximum atomic E-state index is 8.35. The maximum Gasteiger partial charge on any atom is 0.135 e. The van der Waals surface area contributed by atoms with Crippen molar-refractivity contribution < 1.29 is 4.79 Å². The van der Waals surface area contributed by atoms with Gasteiger partial charge in [-0.05, 0) is 0 Å². The number of hydrogen-bond donors (Lipinski definition) is 0. The number of halogens is 1. The Morgan fingerprint density at radius 1 is 1.75 bits per heavy atom. The minimum absolute atomic E-state index is 0. The minimum atomic E-state index is 0. The van der Waals surface area contributed by atoms with Crippen LogP contribution in [0.25, 0.3) is 0 Å². The van der Waals surface area contributed by atoms with Crippen LogP contribution in [0.1, 0.15) is 0 Å². The zero-order valence-corrected chi connectivity index (χ0v) is 2.63. The fourth-order valence-electron chi connectivity index (χ4n) is 0. The number of rotatable bonds is 0. The third-order valence-electron chi connectivity index (χ3n) is 0. The molecule has 0 N–H and O–H groups in total. The molecule has 0 saturated carbocycles. The highest BCUT2D eigenvalue weighted by Crippen LogP contribution is 0.867. The van der Waals surface area contributed by atoms with Gasteiger partial charge in [-0.25, -0.2) is 4.79 Å². The summed E-state index contributed by atoms with van der Waals surface area (Å²) in [4.78, 5) is 8.35. The average molecular weight is 76.5 g/mol. The third kappa shape index (κ3) is 14.1. The minimum Gasteiger partial charge on any atom is -0.233 e. The topological polar surface area (TPSA) is 17.1 Å². The molecule has 0 unspecified atom stereocenters. The van der Waals surface area contributed by atoms with E-state index in [0.29, 0.717) is 0 Å². The summed E-state index contributed by atoms with van der Waals surface area (Å²) < 4.78 is 0. The first-order chi connectivity index (χ1) is 1.41. The molecule has 0 aliphatic rings. The standard InChI is InChI=1S/C2O.ClH/c1-2-3;/h;1H. The fraction of sp³-hybridized carbons (Fsp3) is 0. The van der Waals surface area contributed by atoms with Gasteiger partial charge in [0.25, 0.3) is 0 Å². The Hall–Kier alpha value is -0.260. The van der Waals surface area contributed by atoms with Gasteiger partial charge in [0.2, 0.25) is 0 Å². The smallest absolute Gasteiger partial charge is 0.135 e. The van der Waals surface area contributed by atoms with Gasteiger partial charge in [0.15, 0.2) is 0 Å². The molecule has 0 aliphatic carbocycles. The molecule has 0 spiro atoms. The predicted molar refractivity (Wildman–Crippen MR) is 16.2 cm³/mol. The van der Waals surface area contributed by atoms with E-state index in [1.807, 2.05) is 0 Å². The zero-order chi connectivity index (χ0) is 2.71. The molecule has 0 aromatic heterocycles. The summed E-state index contributed by atoms with van der Waals surface area (Å²) in [6.45, 7) is 5.40. The molecule has 0 aromatic rings. The molecule has 0 atom stereocenters. The third-order valence-corrected chi connectivity index (χ3v) is 0. The van der Waals surface area contributed by atoms with Crippen LogP contribution in [0.15, 0.2) is 0 Å². The summed E-state index contributed by atoms with van der Waals surface area (Å²) in [6, 6.07) is 0. The van der Waals surface area contributed by atoms with Crippen LogP contribution in [-0.4, -0.2) is 5.94 Å². The van der Waals surface area contributed by atoms with E-state index in [1.165, 1.54) is 0 Å². The molecule has 2 heteroatoms. The van der Waals surface area contributed by atoms with Gasteiger partial charge < -0.3 is 0 Å². The van der Waals surface area contributed by atoms with E-state index in [4.69, 9.17) is 11.4 Å². The number of hydrogen-bond acceptors (Lipinski definition) is 1. The van der Waals surface area contributed by atoms with Gasteiger partial charge in [0, 0.05) is 0 Å². The Balaban J connectivity index is 0. The van der Waals surface area contributed by atoms with E-state index in [2.05, 4.69) is 0 Å². The van der Waals surface area contributed by atoms with Crippen LogP contribution in [0.3, 0.4) is 0 Å². The fourth-order valence-corrected chi connectivity index (χ4v) is 0. The van der Waals surface area contributed by atoms with Crippen LogP contribution in [0, 0.1) is 6.58 Å². The lowest BCUT2D eigenvalue weighted by molar-refractivity contribution is 0.569. The van der Waals surface area contributed by atoms with Crippen LogP contribution in [0.5, 0.6) is 0 Å². The molecule has 0 saturated heterocycles. The first-order valence-electron chi connectivity index (χ1n) is 0.454. The summed E-state index contributed by atoms with van der Waals surface area (Å²) in [5.74, 6) is 0.750. The molecule has 0 amide bonds. The summed E-state index contributed by atoms with van der Waals surface area (Å²) in [7, 11) is 0. The lowest BCUT2D eigenvalue weighted by Crippen LogP contribution is -1.16. The van der Waals surface area contributed by atoms with Crippen LogP contribution in [0.2, 0.25) is 0 Å². The highest BCUT2D eigenvalue weighted by atomic mass is 35.5. The molecule has 0 rings (SSSR count). The lowest BCUT2D eigenvalue weighted by atomic mass is 11.2. The predicted octanol–water partition coefficient (Wildman–Crippen LogP) is 0.106. The summed E-state index contributed by atoms with van der Waals surface area (Å²) in [5.41, 5.74) is 0. The van der Waals surface area contributed by atoms with E-state index in [1.54, 1.807) is 0 Å². The first kappa shape index (κ1) is 9.27. The molecule has 0 heterocycles. The quantitative estimate of drug-likeness (QED) is 0.374. The largest absolute Gasteiger partial charge is 0.233 e.